The first-order chi connectivity index (χ1) is 10.00. The van der Waals surface area contributed by atoms with Crippen molar-refractivity contribution in [1.82, 2.24) is 0 Å². The highest BCUT2D eigenvalue weighted by molar-refractivity contribution is 7.95. The van der Waals surface area contributed by atoms with Crippen molar-refractivity contribution in [1.29, 1.82) is 0 Å². The van der Waals surface area contributed by atoms with Gasteiger partial charge in [0.2, 0.25) is 0 Å². The Labute approximate surface area is 128 Å². The largest absolute Gasteiger partial charge is 0.392 e. The molecule has 0 aliphatic carbocycles. The Kier molecular flexibility index (Phi) is 5.01. The first-order valence-corrected chi connectivity index (χ1v) is 8.08. The summed E-state index contributed by atoms with van der Waals surface area (Å²) in [7, 11) is -3.65. The number of sulfonamides is 1. The van der Waals surface area contributed by atoms with Crippen LogP contribution in [-0.2, 0) is 16.6 Å². The van der Waals surface area contributed by atoms with Gasteiger partial charge in [0.1, 0.15) is 0 Å². The van der Waals surface area contributed by atoms with Crippen LogP contribution in [0.2, 0.25) is 5.02 Å². The van der Waals surface area contributed by atoms with Crippen molar-refractivity contribution in [2.24, 2.45) is 0 Å². The molecular weight excluding hydrogens is 310 g/mol. The van der Waals surface area contributed by atoms with E-state index in [0.29, 0.717) is 16.3 Å². The van der Waals surface area contributed by atoms with E-state index < -0.39 is 10.0 Å². The van der Waals surface area contributed by atoms with Gasteiger partial charge in [-0.2, -0.15) is 0 Å². The molecule has 0 aromatic heterocycles. The molecule has 21 heavy (non-hydrogen) atoms. The summed E-state index contributed by atoms with van der Waals surface area (Å²) in [5.41, 5.74) is 1.60. The van der Waals surface area contributed by atoms with Gasteiger partial charge in [-0.15, -0.1) is 0 Å². The topological polar surface area (TPSA) is 66.4 Å². The number of hydrogen-bond acceptors (Lipinski definition) is 3. The summed E-state index contributed by atoms with van der Waals surface area (Å²) in [6.45, 7) is -0.237. The normalized spacial score (nSPS) is 11.7. The summed E-state index contributed by atoms with van der Waals surface area (Å²) >= 11 is 5.76. The summed E-state index contributed by atoms with van der Waals surface area (Å²) < 4.78 is 26.4. The van der Waals surface area contributed by atoms with Crippen molar-refractivity contribution < 1.29 is 13.5 Å². The molecule has 2 aromatic rings. The Bertz CT molecular complexity index is 740. The molecule has 0 aliphatic heterocycles. The molecule has 0 saturated heterocycles. The lowest BCUT2D eigenvalue weighted by Gasteiger charge is -2.08. The van der Waals surface area contributed by atoms with Gasteiger partial charge >= 0.3 is 0 Å². The average molecular weight is 324 g/mol. The zero-order valence-corrected chi connectivity index (χ0v) is 12.6. The lowest BCUT2D eigenvalue weighted by Crippen LogP contribution is -2.10. The van der Waals surface area contributed by atoms with Crippen LogP contribution in [0.25, 0.3) is 6.08 Å². The number of benzene rings is 2. The summed E-state index contributed by atoms with van der Waals surface area (Å²) in [4.78, 5) is 0. The lowest BCUT2D eigenvalue weighted by molar-refractivity contribution is 0.282. The molecule has 0 unspecified atom stereocenters. The number of hydrogen-bond donors (Lipinski definition) is 2. The number of rotatable bonds is 5. The summed E-state index contributed by atoms with van der Waals surface area (Å²) in [6, 6.07) is 13.5. The van der Waals surface area contributed by atoms with Crippen molar-refractivity contribution in [3.8, 4) is 0 Å². The molecule has 6 heteroatoms. The van der Waals surface area contributed by atoms with Gasteiger partial charge < -0.3 is 5.11 Å². The van der Waals surface area contributed by atoms with Crippen LogP contribution in [0.1, 0.15) is 11.1 Å². The van der Waals surface area contributed by atoms with Gasteiger partial charge in [-0.25, -0.2) is 8.42 Å². The third kappa shape index (κ3) is 4.60. The Morgan fingerprint density at radius 3 is 2.43 bits per heavy atom. The number of aliphatic hydroxyl groups is 1. The molecule has 0 atom stereocenters. The maximum atomic E-state index is 12.0. The number of nitrogens with one attached hydrogen (secondary N) is 1. The number of halogens is 1. The molecule has 110 valence electrons. The fraction of sp³-hybridized carbons (Fsp3) is 0.0667. The predicted molar refractivity (Wildman–Crippen MR) is 85.4 cm³/mol. The molecule has 2 rings (SSSR count). The quantitative estimate of drug-likeness (QED) is 0.887. The molecule has 0 heterocycles. The molecule has 0 spiro atoms. The Balaban J connectivity index is 2.17. The van der Waals surface area contributed by atoms with Gasteiger partial charge in [0.15, 0.2) is 0 Å². The van der Waals surface area contributed by atoms with Crippen LogP contribution in [0.15, 0.2) is 53.9 Å². The molecule has 0 bridgehead atoms. The first kappa shape index (κ1) is 15.6. The number of aliphatic hydroxyl groups excluding tert-OH is 1. The molecular formula is C15H14ClNO3S. The maximum absolute atomic E-state index is 12.0. The Morgan fingerprint density at radius 1 is 1.10 bits per heavy atom. The molecule has 0 aliphatic rings. The van der Waals surface area contributed by atoms with E-state index in [9.17, 15) is 13.5 Å². The van der Waals surface area contributed by atoms with Crippen LogP contribution in [-0.4, -0.2) is 13.5 Å². The molecule has 4 nitrogen and oxygen atoms in total. The highest BCUT2D eigenvalue weighted by Gasteiger charge is 2.08. The third-order valence-electron chi connectivity index (χ3n) is 2.75. The van der Waals surface area contributed by atoms with E-state index in [-0.39, 0.29) is 6.61 Å². The van der Waals surface area contributed by atoms with E-state index >= 15 is 0 Å². The van der Waals surface area contributed by atoms with Gasteiger partial charge in [0.25, 0.3) is 10.0 Å². The standard InChI is InChI=1S/C15H14ClNO3S/c16-14-7-5-12(6-8-14)9-10-21(19,20)17-15-4-2-1-3-13(15)11-18/h1-10,17-18H,11H2. The van der Waals surface area contributed by atoms with Crippen LogP contribution in [0.4, 0.5) is 5.69 Å². The fourth-order valence-electron chi connectivity index (χ4n) is 1.69. The van der Waals surface area contributed by atoms with E-state index in [0.717, 1.165) is 11.0 Å². The van der Waals surface area contributed by atoms with Gasteiger partial charge in [-0.3, -0.25) is 4.72 Å². The number of para-hydroxylation sites is 1. The van der Waals surface area contributed by atoms with E-state index in [1.807, 2.05) is 0 Å². The van der Waals surface area contributed by atoms with Crippen molar-refractivity contribution in [2.45, 2.75) is 6.61 Å². The molecule has 0 saturated carbocycles. The smallest absolute Gasteiger partial charge is 0.255 e. The highest BCUT2D eigenvalue weighted by atomic mass is 35.5. The van der Waals surface area contributed by atoms with E-state index in [1.54, 1.807) is 48.5 Å². The first-order valence-electron chi connectivity index (χ1n) is 6.15. The minimum absolute atomic E-state index is 0.237. The van der Waals surface area contributed by atoms with Crippen LogP contribution in [0, 0.1) is 0 Å². The Hall–Kier alpha value is -1.82. The molecule has 0 radical (unpaired) electrons. The molecule has 0 amide bonds. The second-order valence-electron chi connectivity index (χ2n) is 4.32. The predicted octanol–water partition coefficient (Wildman–Crippen LogP) is 3.24. The monoisotopic (exact) mass is 323 g/mol. The van der Waals surface area contributed by atoms with Gasteiger partial charge in [0, 0.05) is 10.6 Å². The van der Waals surface area contributed by atoms with E-state index in [2.05, 4.69) is 4.72 Å². The highest BCUT2D eigenvalue weighted by Crippen LogP contribution is 2.17. The summed E-state index contributed by atoms with van der Waals surface area (Å²) in [5, 5.41) is 10.8. The van der Waals surface area contributed by atoms with Crippen LogP contribution < -0.4 is 4.72 Å². The Morgan fingerprint density at radius 2 is 1.76 bits per heavy atom. The van der Waals surface area contributed by atoms with Crippen molar-refractivity contribution in [3.05, 3.63) is 70.1 Å². The lowest BCUT2D eigenvalue weighted by atomic mass is 10.2. The van der Waals surface area contributed by atoms with E-state index in [4.69, 9.17) is 11.6 Å². The van der Waals surface area contributed by atoms with E-state index in [1.165, 1.54) is 6.08 Å². The zero-order valence-electron chi connectivity index (χ0n) is 11.0. The molecule has 0 fully saturated rings. The minimum atomic E-state index is -3.65. The second kappa shape index (κ2) is 6.76. The van der Waals surface area contributed by atoms with Crippen LogP contribution >= 0.6 is 11.6 Å². The average Bonchev–Trinajstić information content (AvgIpc) is 2.47. The number of anilines is 1. The van der Waals surface area contributed by atoms with Gasteiger partial charge in [-0.05, 0) is 29.8 Å². The van der Waals surface area contributed by atoms with Gasteiger partial charge in [0.05, 0.1) is 17.7 Å². The van der Waals surface area contributed by atoms with Crippen LogP contribution in [0.3, 0.4) is 0 Å². The fourth-order valence-corrected chi connectivity index (χ4v) is 2.72. The van der Waals surface area contributed by atoms with Crippen molar-refractivity contribution >= 4 is 33.4 Å². The summed E-state index contributed by atoms with van der Waals surface area (Å²) in [6.07, 6.45) is 1.47. The van der Waals surface area contributed by atoms with Crippen molar-refractivity contribution in [2.75, 3.05) is 4.72 Å². The van der Waals surface area contributed by atoms with Crippen molar-refractivity contribution in [3.63, 3.8) is 0 Å². The minimum Gasteiger partial charge on any atom is -0.392 e. The SMILES string of the molecule is O=S(=O)(C=Cc1ccc(Cl)cc1)Nc1ccccc1CO. The zero-order chi connectivity index (χ0) is 15.3. The maximum Gasteiger partial charge on any atom is 0.255 e. The van der Waals surface area contributed by atoms with Crippen LogP contribution in [0.5, 0.6) is 0 Å². The molecule has 2 aromatic carbocycles. The molecule has 2 N–H and O–H groups in total. The third-order valence-corrected chi connectivity index (χ3v) is 4.00. The van der Waals surface area contributed by atoms with Gasteiger partial charge in [-0.1, -0.05) is 41.9 Å². The second-order valence-corrected chi connectivity index (χ2v) is 6.32. The summed E-state index contributed by atoms with van der Waals surface area (Å²) in [5.74, 6) is 0.